The van der Waals surface area contributed by atoms with Gasteiger partial charge < -0.3 is 4.90 Å². The van der Waals surface area contributed by atoms with Crippen molar-refractivity contribution >= 4 is 12.5 Å². The lowest BCUT2D eigenvalue weighted by Crippen LogP contribution is -2.18. The van der Waals surface area contributed by atoms with Gasteiger partial charge in [0.2, 0.25) is 6.41 Å². The Morgan fingerprint density at radius 2 is 2.50 bits per heavy atom. The van der Waals surface area contributed by atoms with Crippen molar-refractivity contribution in [3.05, 3.63) is 35.8 Å². The zero-order valence-electron chi connectivity index (χ0n) is 6.47. The Kier molecular flexibility index (Phi) is 1.63. The van der Waals surface area contributed by atoms with E-state index in [0.717, 1.165) is 17.7 Å². The van der Waals surface area contributed by atoms with E-state index in [1.807, 2.05) is 18.2 Å². The molecule has 0 radical (unpaired) electrons. The molecule has 2 heterocycles. The predicted octanol–water partition coefficient (Wildman–Crippen LogP) is 1.02. The first kappa shape index (κ1) is 7.03. The number of aromatic nitrogens is 1. The molecule has 0 unspecified atom stereocenters. The van der Waals surface area contributed by atoms with Gasteiger partial charge in [-0.1, -0.05) is 6.07 Å². The molecule has 0 spiro atoms. The van der Waals surface area contributed by atoms with Crippen LogP contribution >= 0.6 is 0 Å². The van der Waals surface area contributed by atoms with Gasteiger partial charge in [-0.3, -0.25) is 9.78 Å². The van der Waals surface area contributed by atoms with Gasteiger partial charge in [-0.05, 0) is 17.7 Å². The molecule has 1 aromatic rings. The second-order valence-electron chi connectivity index (χ2n) is 2.64. The standard InChI is InChI=1S/C9H8N2O/c12-7-11-5-3-9-8(6-11)2-1-4-10-9/h1-5,7H,6H2. The molecule has 0 fully saturated rings. The van der Waals surface area contributed by atoms with Gasteiger partial charge in [-0.25, -0.2) is 0 Å². The number of amides is 1. The summed E-state index contributed by atoms with van der Waals surface area (Å²) in [6.45, 7) is 0.628. The molecule has 60 valence electrons. The van der Waals surface area contributed by atoms with Crippen molar-refractivity contribution in [2.24, 2.45) is 0 Å². The number of nitrogens with zero attached hydrogens (tertiary/aromatic N) is 2. The summed E-state index contributed by atoms with van der Waals surface area (Å²) in [5.74, 6) is 0. The van der Waals surface area contributed by atoms with E-state index < -0.39 is 0 Å². The molecule has 1 aliphatic rings. The maximum absolute atomic E-state index is 10.4. The maximum atomic E-state index is 10.4. The summed E-state index contributed by atoms with van der Waals surface area (Å²) in [4.78, 5) is 16.2. The average molecular weight is 160 g/mol. The minimum atomic E-state index is 0.628. The van der Waals surface area contributed by atoms with Crippen molar-refractivity contribution in [3.63, 3.8) is 0 Å². The van der Waals surface area contributed by atoms with Crippen molar-refractivity contribution in [1.82, 2.24) is 9.88 Å². The van der Waals surface area contributed by atoms with Gasteiger partial charge in [0.05, 0.1) is 12.2 Å². The molecule has 0 aromatic carbocycles. The van der Waals surface area contributed by atoms with Crippen molar-refractivity contribution in [2.75, 3.05) is 0 Å². The van der Waals surface area contributed by atoms with E-state index in [1.165, 1.54) is 0 Å². The summed E-state index contributed by atoms with van der Waals surface area (Å²) in [6, 6.07) is 3.85. The minimum absolute atomic E-state index is 0.628. The SMILES string of the molecule is O=CN1C=Cc2ncccc2C1. The first-order chi connectivity index (χ1) is 5.90. The molecule has 3 heteroatoms. The quantitative estimate of drug-likeness (QED) is 0.575. The molecule has 12 heavy (non-hydrogen) atoms. The van der Waals surface area contributed by atoms with Gasteiger partial charge in [-0.2, -0.15) is 0 Å². The van der Waals surface area contributed by atoms with Crippen LogP contribution in [0.1, 0.15) is 11.3 Å². The van der Waals surface area contributed by atoms with Crippen LogP contribution in [-0.2, 0) is 11.3 Å². The van der Waals surface area contributed by atoms with Gasteiger partial charge in [0.25, 0.3) is 0 Å². The van der Waals surface area contributed by atoms with Crippen LogP contribution in [0, 0.1) is 0 Å². The fourth-order valence-corrected chi connectivity index (χ4v) is 1.22. The Morgan fingerprint density at radius 3 is 3.33 bits per heavy atom. The highest BCUT2D eigenvalue weighted by atomic mass is 16.1. The van der Waals surface area contributed by atoms with Crippen LogP contribution in [0.3, 0.4) is 0 Å². The molecule has 0 atom stereocenters. The van der Waals surface area contributed by atoms with Crippen LogP contribution in [0.15, 0.2) is 24.5 Å². The molecule has 1 aliphatic heterocycles. The number of carbonyl (C=O) groups is 1. The summed E-state index contributed by atoms with van der Waals surface area (Å²) in [7, 11) is 0. The first-order valence-corrected chi connectivity index (χ1v) is 3.73. The summed E-state index contributed by atoms with van der Waals surface area (Å²) in [6.07, 6.45) is 6.14. The fraction of sp³-hybridized carbons (Fsp3) is 0.111. The Morgan fingerprint density at radius 1 is 1.58 bits per heavy atom. The van der Waals surface area contributed by atoms with E-state index in [1.54, 1.807) is 17.3 Å². The van der Waals surface area contributed by atoms with E-state index in [4.69, 9.17) is 0 Å². The molecule has 0 bridgehead atoms. The van der Waals surface area contributed by atoms with Crippen LogP contribution in [0.5, 0.6) is 0 Å². The molecule has 0 saturated carbocycles. The lowest BCUT2D eigenvalue weighted by Gasteiger charge is -2.17. The fourth-order valence-electron chi connectivity index (χ4n) is 1.22. The van der Waals surface area contributed by atoms with Gasteiger partial charge in [0.1, 0.15) is 0 Å². The lowest BCUT2D eigenvalue weighted by atomic mass is 10.1. The average Bonchev–Trinajstić information content (AvgIpc) is 2.17. The van der Waals surface area contributed by atoms with Gasteiger partial charge >= 0.3 is 0 Å². The number of fused-ring (bicyclic) bond motifs is 1. The highest BCUT2D eigenvalue weighted by molar-refractivity contribution is 5.59. The van der Waals surface area contributed by atoms with Crippen molar-refractivity contribution in [3.8, 4) is 0 Å². The van der Waals surface area contributed by atoms with E-state index in [9.17, 15) is 4.79 Å². The first-order valence-electron chi connectivity index (χ1n) is 3.73. The normalized spacial score (nSPS) is 14.2. The van der Waals surface area contributed by atoms with Gasteiger partial charge in [0.15, 0.2) is 0 Å². The van der Waals surface area contributed by atoms with E-state index in [2.05, 4.69) is 4.98 Å². The summed E-state index contributed by atoms with van der Waals surface area (Å²) >= 11 is 0. The lowest BCUT2D eigenvalue weighted by molar-refractivity contribution is -0.116. The van der Waals surface area contributed by atoms with Crippen molar-refractivity contribution in [2.45, 2.75) is 6.54 Å². The number of hydrogen-bond acceptors (Lipinski definition) is 2. The Bertz CT molecular complexity index is 333. The molecule has 0 N–H and O–H groups in total. The third-order valence-corrected chi connectivity index (χ3v) is 1.84. The molecule has 2 rings (SSSR count). The summed E-state index contributed by atoms with van der Waals surface area (Å²) in [5, 5.41) is 0. The number of carbonyl (C=O) groups excluding carboxylic acids is 1. The molecular weight excluding hydrogens is 152 g/mol. The largest absolute Gasteiger partial charge is 0.317 e. The Balaban J connectivity index is 2.39. The molecular formula is C9H8N2O. The smallest absolute Gasteiger partial charge is 0.213 e. The van der Waals surface area contributed by atoms with Crippen LogP contribution in [0.4, 0.5) is 0 Å². The minimum Gasteiger partial charge on any atom is -0.317 e. The predicted molar refractivity (Wildman–Crippen MR) is 44.9 cm³/mol. The number of pyridine rings is 1. The molecule has 3 nitrogen and oxygen atoms in total. The molecule has 0 saturated heterocycles. The monoisotopic (exact) mass is 160 g/mol. The van der Waals surface area contributed by atoms with Crippen LogP contribution in [-0.4, -0.2) is 16.3 Å². The number of rotatable bonds is 1. The Labute approximate surface area is 70.3 Å². The van der Waals surface area contributed by atoms with E-state index in [-0.39, 0.29) is 0 Å². The van der Waals surface area contributed by atoms with E-state index >= 15 is 0 Å². The second kappa shape index (κ2) is 2.77. The van der Waals surface area contributed by atoms with Gasteiger partial charge in [0, 0.05) is 12.4 Å². The summed E-state index contributed by atoms with van der Waals surface area (Å²) < 4.78 is 0. The summed E-state index contributed by atoms with van der Waals surface area (Å²) in [5.41, 5.74) is 2.04. The highest BCUT2D eigenvalue weighted by Gasteiger charge is 2.08. The van der Waals surface area contributed by atoms with Crippen molar-refractivity contribution < 1.29 is 4.79 Å². The number of hydrogen-bond donors (Lipinski definition) is 0. The van der Waals surface area contributed by atoms with E-state index in [0.29, 0.717) is 6.54 Å². The van der Waals surface area contributed by atoms with Gasteiger partial charge in [-0.15, -0.1) is 0 Å². The second-order valence-corrected chi connectivity index (χ2v) is 2.64. The van der Waals surface area contributed by atoms with Crippen LogP contribution < -0.4 is 0 Å². The Hall–Kier alpha value is -1.64. The molecule has 0 aliphatic carbocycles. The van der Waals surface area contributed by atoms with Crippen LogP contribution in [0.25, 0.3) is 6.08 Å². The van der Waals surface area contributed by atoms with Crippen LogP contribution in [0.2, 0.25) is 0 Å². The maximum Gasteiger partial charge on any atom is 0.213 e. The zero-order chi connectivity index (χ0) is 8.39. The third kappa shape index (κ3) is 1.09. The topological polar surface area (TPSA) is 33.2 Å². The molecule has 1 amide bonds. The highest BCUT2D eigenvalue weighted by Crippen LogP contribution is 2.15. The third-order valence-electron chi connectivity index (χ3n) is 1.84. The van der Waals surface area contributed by atoms with Crippen molar-refractivity contribution in [1.29, 1.82) is 0 Å². The molecule has 1 aromatic heterocycles. The zero-order valence-corrected chi connectivity index (χ0v) is 6.47.